The highest BCUT2D eigenvalue weighted by Gasteiger charge is 2.30. The first-order valence-electron chi connectivity index (χ1n) is 14.1. The number of sulfone groups is 2. The first kappa shape index (κ1) is 42.0. The van der Waals surface area contributed by atoms with Crippen LogP contribution < -0.4 is 5.32 Å². The first-order chi connectivity index (χ1) is 22.8. The van der Waals surface area contributed by atoms with E-state index in [2.05, 4.69) is 25.1 Å². The number of hydrogen-bond acceptors (Lipinski definition) is 9. The summed E-state index contributed by atoms with van der Waals surface area (Å²) >= 11 is 1.23. The molecule has 0 aromatic heterocycles. The Morgan fingerprint density at radius 2 is 1.08 bits per heavy atom. The number of thioether (sulfide) groups is 1. The zero-order chi connectivity index (χ0) is 37.5. The fraction of sp³-hybridized carbons (Fsp3) is 0.176. The van der Waals surface area contributed by atoms with Crippen molar-refractivity contribution in [1.29, 1.82) is 0 Å². The molecule has 15 heteroatoms. The van der Waals surface area contributed by atoms with Crippen LogP contribution in [-0.4, -0.2) is 72.2 Å². The molecule has 0 aliphatic carbocycles. The molecule has 0 bridgehead atoms. The van der Waals surface area contributed by atoms with Crippen LogP contribution in [0.3, 0.4) is 0 Å². The monoisotopic (exact) mass is 731 g/mol. The number of carboxylic acids is 3. The fourth-order valence-electron chi connectivity index (χ4n) is 3.28. The number of carboxylic acid groups (broad SMARTS) is 3. The zero-order valence-electron chi connectivity index (χ0n) is 26.9. The molecular formula is C34H37NO11S3. The Kier molecular flexibility index (Phi) is 16.4. The summed E-state index contributed by atoms with van der Waals surface area (Å²) in [6.07, 6.45) is 3.16. The van der Waals surface area contributed by atoms with Gasteiger partial charge in [0.05, 0.1) is 15.5 Å². The van der Waals surface area contributed by atoms with E-state index in [1.807, 2.05) is 0 Å². The molecule has 2 atom stereocenters. The minimum atomic E-state index is -3.80. The molecule has 0 radical (unpaired) electrons. The number of carbonyl (C=O) groups is 4. The molecule has 12 nitrogen and oxygen atoms in total. The highest BCUT2D eigenvalue weighted by molar-refractivity contribution is 8.00. The Morgan fingerprint density at radius 1 is 0.714 bits per heavy atom. The van der Waals surface area contributed by atoms with Crippen molar-refractivity contribution in [2.45, 2.75) is 46.0 Å². The van der Waals surface area contributed by atoms with Crippen molar-refractivity contribution >= 4 is 73.1 Å². The molecule has 0 spiro atoms. The molecule has 4 N–H and O–H groups in total. The SMILES string of the molecule is C=C(C)C(=O)Nc1ccc(SCC(=O)O)cc1.C=Cc1ccc(S(=O)(=O)C(C)C(=O)O)cc1.C=Cc1ccc(S(=O)(=O)C(C)C(=O)O)cc1. The Balaban J connectivity index is 0.000000368. The lowest BCUT2D eigenvalue weighted by molar-refractivity contribution is -0.137. The Hall–Kier alpha value is -4.99. The first-order valence-corrected chi connectivity index (χ1v) is 18.2. The van der Waals surface area contributed by atoms with Crippen LogP contribution in [0.5, 0.6) is 0 Å². The van der Waals surface area contributed by atoms with Gasteiger partial charge in [-0.2, -0.15) is 0 Å². The highest BCUT2D eigenvalue weighted by atomic mass is 32.2. The lowest BCUT2D eigenvalue weighted by Gasteiger charge is -2.08. The van der Waals surface area contributed by atoms with E-state index in [1.165, 1.54) is 36.0 Å². The third-order valence-corrected chi connectivity index (χ3v) is 11.5. The maximum absolute atomic E-state index is 11.8. The molecule has 1 amide bonds. The summed E-state index contributed by atoms with van der Waals surface area (Å²) in [7, 11) is -7.59. The largest absolute Gasteiger partial charge is 0.481 e. The van der Waals surface area contributed by atoms with Gasteiger partial charge in [0.15, 0.2) is 30.2 Å². The maximum Gasteiger partial charge on any atom is 0.321 e. The number of benzene rings is 3. The van der Waals surface area contributed by atoms with Gasteiger partial charge in [-0.25, -0.2) is 16.8 Å². The summed E-state index contributed by atoms with van der Waals surface area (Å²) in [6, 6.07) is 18.8. The summed E-state index contributed by atoms with van der Waals surface area (Å²) in [4.78, 5) is 43.8. The van der Waals surface area contributed by atoms with E-state index in [1.54, 1.807) is 67.6 Å². The van der Waals surface area contributed by atoms with E-state index in [-0.39, 0.29) is 21.5 Å². The van der Waals surface area contributed by atoms with E-state index >= 15 is 0 Å². The van der Waals surface area contributed by atoms with Crippen molar-refractivity contribution in [3.8, 4) is 0 Å². The van der Waals surface area contributed by atoms with Crippen LogP contribution in [0.2, 0.25) is 0 Å². The molecule has 0 fully saturated rings. The number of anilines is 1. The van der Waals surface area contributed by atoms with Gasteiger partial charge in [-0.3, -0.25) is 19.2 Å². The second kappa shape index (κ2) is 19.1. The van der Waals surface area contributed by atoms with Gasteiger partial charge in [-0.05, 0) is 80.4 Å². The summed E-state index contributed by atoms with van der Waals surface area (Å²) in [6.45, 7) is 14.6. The molecule has 262 valence electrons. The van der Waals surface area contributed by atoms with Crippen LogP contribution in [0.15, 0.2) is 113 Å². The van der Waals surface area contributed by atoms with Crippen molar-refractivity contribution in [2.75, 3.05) is 11.1 Å². The number of hydrogen-bond donors (Lipinski definition) is 4. The van der Waals surface area contributed by atoms with Gasteiger partial charge in [0.1, 0.15) is 0 Å². The van der Waals surface area contributed by atoms with E-state index in [0.717, 1.165) is 29.9 Å². The summed E-state index contributed by atoms with van der Waals surface area (Å²) in [5.41, 5.74) is 2.66. The second-order valence-corrected chi connectivity index (χ2v) is 15.6. The Morgan fingerprint density at radius 3 is 1.37 bits per heavy atom. The molecular weight excluding hydrogens is 695 g/mol. The van der Waals surface area contributed by atoms with Gasteiger partial charge in [0.2, 0.25) is 0 Å². The van der Waals surface area contributed by atoms with Crippen molar-refractivity contribution in [1.82, 2.24) is 0 Å². The quantitative estimate of drug-likeness (QED) is 0.126. The third kappa shape index (κ3) is 13.2. The third-order valence-electron chi connectivity index (χ3n) is 6.38. The lowest BCUT2D eigenvalue weighted by Crippen LogP contribution is -2.26. The number of rotatable bonds is 13. The maximum atomic E-state index is 11.8. The fourth-order valence-corrected chi connectivity index (χ4v) is 6.28. The van der Waals surface area contributed by atoms with Gasteiger partial charge >= 0.3 is 17.9 Å². The predicted octanol–water partition coefficient (Wildman–Crippen LogP) is 5.53. The molecule has 3 rings (SSSR count). The molecule has 0 aliphatic heterocycles. The van der Waals surface area contributed by atoms with Crippen LogP contribution in [0, 0.1) is 0 Å². The average Bonchev–Trinajstić information content (AvgIpc) is 3.07. The predicted molar refractivity (Wildman–Crippen MR) is 190 cm³/mol. The Labute approximate surface area is 289 Å². The highest BCUT2D eigenvalue weighted by Crippen LogP contribution is 2.21. The minimum absolute atomic E-state index is 0.00741. The van der Waals surface area contributed by atoms with Gasteiger partial charge in [-0.1, -0.05) is 56.2 Å². The molecule has 3 aromatic rings. The molecule has 49 heavy (non-hydrogen) atoms. The molecule has 2 unspecified atom stereocenters. The molecule has 0 heterocycles. The number of carbonyl (C=O) groups excluding carboxylic acids is 1. The van der Waals surface area contributed by atoms with E-state index < -0.39 is 48.1 Å². The van der Waals surface area contributed by atoms with Gasteiger partial charge < -0.3 is 20.6 Å². The van der Waals surface area contributed by atoms with Crippen molar-refractivity contribution in [3.63, 3.8) is 0 Å². The van der Waals surface area contributed by atoms with Crippen molar-refractivity contribution < 1.29 is 51.3 Å². The summed E-state index contributed by atoms with van der Waals surface area (Å²) in [5.74, 6) is -3.76. The standard InChI is InChI=1S/C12H13NO3S.2C11H12O4S/c1-8(2)12(16)13-9-3-5-10(6-4-9)17-7-11(14)15;2*1-3-9-4-6-10(7-5-9)16(14,15)8(2)11(12)13/h3-6H,1,7H2,2H3,(H,13,16)(H,14,15);2*3-8H,1H2,2H3,(H,12,13). The van der Waals surface area contributed by atoms with Crippen LogP contribution in [0.4, 0.5) is 5.69 Å². The summed E-state index contributed by atoms with van der Waals surface area (Å²) < 4.78 is 47.1. The van der Waals surface area contributed by atoms with Crippen molar-refractivity contribution in [2.24, 2.45) is 0 Å². The molecule has 3 aromatic carbocycles. The molecule has 0 aliphatic rings. The van der Waals surface area contributed by atoms with Gasteiger partial charge in [0.25, 0.3) is 5.91 Å². The van der Waals surface area contributed by atoms with Crippen LogP contribution in [0.25, 0.3) is 12.2 Å². The molecule has 0 saturated heterocycles. The van der Waals surface area contributed by atoms with E-state index in [9.17, 15) is 36.0 Å². The number of aliphatic carboxylic acids is 3. The normalized spacial score (nSPS) is 11.9. The van der Waals surface area contributed by atoms with Crippen LogP contribution in [-0.2, 0) is 38.9 Å². The topological polar surface area (TPSA) is 209 Å². The number of amides is 1. The minimum Gasteiger partial charge on any atom is -0.481 e. The van der Waals surface area contributed by atoms with Crippen LogP contribution >= 0.6 is 11.8 Å². The van der Waals surface area contributed by atoms with Crippen LogP contribution in [0.1, 0.15) is 31.9 Å². The van der Waals surface area contributed by atoms with Gasteiger partial charge in [0, 0.05) is 16.2 Å². The van der Waals surface area contributed by atoms with Crippen molar-refractivity contribution in [3.05, 3.63) is 109 Å². The van der Waals surface area contributed by atoms with E-state index in [4.69, 9.17) is 15.3 Å². The second-order valence-electron chi connectivity index (χ2n) is 10.0. The van der Waals surface area contributed by atoms with Gasteiger partial charge in [-0.15, -0.1) is 11.8 Å². The number of nitrogens with one attached hydrogen (secondary N) is 1. The summed E-state index contributed by atoms with van der Waals surface area (Å²) in [5, 5.41) is 25.7. The molecule has 0 saturated carbocycles. The lowest BCUT2D eigenvalue weighted by atomic mass is 10.2. The smallest absolute Gasteiger partial charge is 0.321 e. The average molecular weight is 732 g/mol. The zero-order valence-corrected chi connectivity index (χ0v) is 29.3. The Bertz CT molecular complexity index is 1790. The van der Waals surface area contributed by atoms with E-state index in [0.29, 0.717) is 11.3 Å².